The van der Waals surface area contributed by atoms with Gasteiger partial charge in [0, 0.05) is 34.5 Å². The molecular weight excluding hydrogens is 681 g/mol. The van der Waals surface area contributed by atoms with Gasteiger partial charge >= 0.3 is 0 Å². The predicted octanol–water partition coefficient (Wildman–Crippen LogP) is 13.0. The third-order valence-electron chi connectivity index (χ3n) is 11.8. The van der Waals surface area contributed by atoms with Crippen molar-refractivity contribution in [3.63, 3.8) is 0 Å². The van der Waals surface area contributed by atoms with Gasteiger partial charge in [0.25, 0.3) is 0 Å². The maximum atomic E-state index is 9.85. The lowest BCUT2D eigenvalue weighted by atomic mass is 9.67. The molecule has 0 atom stereocenters. The zero-order chi connectivity index (χ0) is 37.5. The van der Waals surface area contributed by atoms with Crippen molar-refractivity contribution in [2.24, 2.45) is 0 Å². The molecule has 2 heterocycles. The Morgan fingerprint density at radius 1 is 0.464 bits per heavy atom. The van der Waals surface area contributed by atoms with Crippen LogP contribution < -0.4 is 0 Å². The highest BCUT2D eigenvalue weighted by Gasteiger charge is 2.44. The first-order valence-electron chi connectivity index (χ1n) is 19.5. The molecule has 56 heavy (non-hydrogen) atoms. The zero-order valence-corrected chi connectivity index (χ0v) is 31.0. The highest BCUT2D eigenvalue weighted by molar-refractivity contribution is 5.93. The molecule has 0 bridgehead atoms. The third kappa shape index (κ3) is 5.90. The van der Waals surface area contributed by atoms with Crippen LogP contribution in [0, 0.1) is 11.3 Å². The van der Waals surface area contributed by atoms with Crippen LogP contribution in [-0.2, 0) is 5.41 Å². The summed E-state index contributed by atoms with van der Waals surface area (Å²) in [4.78, 5) is 14.5. The van der Waals surface area contributed by atoms with Crippen molar-refractivity contribution >= 4 is 0 Å². The van der Waals surface area contributed by atoms with Gasteiger partial charge in [-0.3, -0.25) is 4.98 Å². The maximum absolute atomic E-state index is 9.85. The molecule has 2 aliphatic carbocycles. The molecule has 0 unspecified atom stereocenters. The largest absolute Gasteiger partial charge is 0.264 e. The average Bonchev–Trinajstić information content (AvgIpc) is 3.55. The second-order valence-electron chi connectivity index (χ2n) is 15.0. The number of pyridine rings is 1. The molecule has 4 heteroatoms. The third-order valence-corrected chi connectivity index (χ3v) is 11.8. The van der Waals surface area contributed by atoms with Crippen LogP contribution in [0.25, 0.3) is 78.4 Å². The summed E-state index contributed by atoms with van der Waals surface area (Å²) in [6.45, 7) is 0. The van der Waals surface area contributed by atoms with Crippen LogP contribution in [0.3, 0.4) is 0 Å². The first-order chi connectivity index (χ1) is 27.7. The summed E-state index contributed by atoms with van der Waals surface area (Å²) in [5.74, 6) is 0.693. The Hall–Kier alpha value is -6.96. The number of fused-ring (bicyclic) bond motifs is 5. The SMILES string of the molecule is N#Cc1ccc2c(c1)-c1c(-c3ccc(-c4cccc(-c5cc(-c6ccc(-c7cccnc7)cc6)nc(-c6ccccc6)n5)c4)cc3)cccc1C21CCCCC1. The van der Waals surface area contributed by atoms with Crippen LogP contribution in [0.2, 0.25) is 0 Å². The van der Waals surface area contributed by atoms with E-state index in [-0.39, 0.29) is 5.41 Å². The van der Waals surface area contributed by atoms with Gasteiger partial charge in [0.05, 0.1) is 23.0 Å². The van der Waals surface area contributed by atoms with E-state index in [4.69, 9.17) is 9.97 Å². The number of hydrogen-bond acceptors (Lipinski definition) is 4. The van der Waals surface area contributed by atoms with Gasteiger partial charge in [-0.05, 0) is 98.8 Å². The molecule has 0 N–H and O–H groups in total. The lowest BCUT2D eigenvalue weighted by molar-refractivity contribution is 0.353. The normalized spacial score (nSPS) is 13.8. The molecule has 2 aliphatic rings. The molecular formula is C52H38N4. The number of aromatic nitrogens is 3. The Balaban J connectivity index is 1.01. The Bertz CT molecular complexity index is 2760. The number of benzene rings is 6. The summed E-state index contributed by atoms with van der Waals surface area (Å²) in [7, 11) is 0. The van der Waals surface area contributed by atoms with Crippen LogP contribution in [-0.4, -0.2) is 15.0 Å². The van der Waals surface area contributed by atoms with Gasteiger partial charge in [0.15, 0.2) is 5.82 Å². The van der Waals surface area contributed by atoms with E-state index in [2.05, 4.69) is 138 Å². The molecule has 0 amide bonds. The Morgan fingerprint density at radius 2 is 1.12 bits per heavy atom. The van der Waals surface area contributed by atoms with Crippen molar-refractivity contribution in [2.45, 2.75) is 37.5 Å². The molecule has 4 nitrogen and oxygen atoms in total. The predicted molar refractivity (Wildman–Crippen MR) is 226 cm³/mol. The lowest BCUT2D eigenvalue weighted by Gasteiger charge is -2.36. The number of hydrogen-bond donors (Lipinski definition) is 0. The summed E-state index contributed by atoms with van der Waals surface area (Å²) < 4.78 is 0. The molecule has 1 fully saturated rings. The highest BCUT2D eigenvalue weighted by atomic mass is 14.9. The monoisotopic (exact) mass is 718 g/mol. The first kappa shape index (κ1) is 33.6. The van der Waals surface area contributed by atoms with E-state index in [0.717, 1.165) is 68.7 Å². The van der Waals surface area contributed by atoms with Crippen molar-refractivity contribution in [3.05, 3.63) is 187 Å². The summed E-state index contributed by atoms with van der Waals surface area (Å²) in [6.07, 6.45) is 9.77. The van der Waals surface area contributed by atoms with Crippen LogP contribution in [0.4, 0.5) is 0 Å². The van der Waals surface area contributed by atoms with Crippen molar-refractivity contribution in [1.82, 2.24) is 15.0 Å². The quantitative estimate of drug-likeness (QED) is 0.172. The molecule has 0 saturated heterocycles. The molecule has 6 aromatic carbocycles. The first-order valence-corrected chi connectivity index (χ1v) is 19.5. The van der Waals surface area contributed by atoms with E-state index in [1.54, 1.807) is 6.20 Å². The number of nitriles is 1. The van der Waals surface area contributed by atoms with Gasteiger partial charge in [-0.25, -0.2) is 9.97 Å². The van der Waals surface area contributed by atoms with E-state index in [1.165, 1.54) is 52.6 Å². The van der Waals surface area contributed by atoms with Crippen LogP contribution in [0.5, 0.6) is 0 Å². The van der Waals surface area contributed by atoms with Crippen molar-refractivity contribution in [2.75, 3.05) is 0 Å². The maximum Gasteiger partial charge on any atom is 0.160 e. The van der Waals surface area contributed by atoms with Crippen LogP contribution >= 0.6 is 0 Å². The summed E-state index contributed by atoms with van der Waals surface area (Å²) in [5, 5.41) is 9.85. The van der Waals surface area contributed by atoms with E-state index in [9.17, 15) is 5.26 Å². The van der Waals surface area contributed by atoms with Gasteiger partial charge in [0.2, 0.25) is 0 Å². The topological polar surface area (TPSA) is 62.5 Å². The molecule has 1 saturated carbocycles. The summed E-state index contributed by atoms with van der Waals surface area (Å²) in [5.41, 5.74) is 17.8. The second kappa shape index (κ2) is 14.0. The standard InChI is InChI=1S/C52H38N4/c53-33-35-17-26-46-45(30-35)50-44(15-8-16-47(50)52(46)27-5-2-6-28-52)38-22-18-36(19-23-38)41-12-7-13-42(31-41)49-32-48(55-51(56-49)40-10-3-1-4-11-40)39-24-20-37(21-25-39)43-14-9-29-54-34-43/h1,3-4,7-26,29-32,34H,2,5-6,27-28H2. The Kier molecular flexibility index (Phi) is 8.42. The Morgan fingerprint density at radius 3 is 1.88 bits per heavy atom. The van der Waals surface area contributed by atoms with E-state index >= 15 is 0 Å². The van der Waals surface area contributed by atoms with E-state index in [1.807, 2.05) is 36.5 Å². The Labute approximate surface area is 327 Å². The molecule has 2 aromatic heterocycles. The molecule has 0 aliphatic heterocycles. The number of nitrogens with zero attached hydrogens (tertiary/aromatic N) is 4. The molecule has 266 valence electrons. The molecule has 10 rings (SSSR count). The minimum Gasteiger partial charge on any atom is -0.264 e. The van der Waals surface area contributed by atoms with Crippen molar-refractivity contribution < 1.29 is 0 Å². The fourth-order valence-corrected chi connectivity index (χ4v) is 9.09. The zero-order valence-electron chi connectivity index (χ0n) is 31.0. The minimum atomic E-state index is 0.0395. The number of rotatable bonds is 6. The minimum absolute atomic E-state index is 0.0395. The average molecular weight is 719 g/mol. The summed E-state index contributed by atoms with van der Waals surface area (Å²) in [6, 6.07) is 58.0. The lowest BCUT2D eigenvalue weighted by Crippen LogP contribution is -2.28. The van der Waals surface area contributed by atoms with Gasteiger partial charge in [-0.2, -0.15) is 5.26 Å². The van der Waals surface area contributed by atoms with Crippen molar-refractivity contribution in [1.29, 1.82) is 5.26 Å². The summed E-state index contributed by atoms with van der Waals surface area (Å²) >= 11 is 0. The van der Waals surface area contributed by atoms with Gasteiger partial charge in [-0.1, -0.05) is 147 Å². The highest BCUT2D eigenvalue weighted by Crippen LogP contribution is 2.58. The van der Waals surface area contributed by atoms with E-state index in [0.29, 0.717) is 5.82 Å². The molecule has 8 aromatic rings. The van der Waals surface area contributed by atoms with Crippen LogP contribution in [0.15, 0.2) is 170 Å². The fourth-order valence-electron chi connectivity index (χ4n) is 9.09. The van der Waals surface area contributed by atoms with E-state index < -0.39 is 0 Å². The van der Waals surface area contributed by atoms with Crippen LogP contribution in [0.1, 0.15) is 48.8 Å². The van der Waals surface area contributed by atoms with Crippen molar-refractivity contribution in [3.8, 4) is 84.5 Å². The van der Waals surface area contributed by atoms with Gasteiger partial charge in [-0.15, -0.1) is 0 Å². The van der Waals surface area contributed by atoms with Gasteiger partial charge in [0.1, 0.15) is 0 Å². The second-order valence-corrected chi connectivity index (χ2v) is 15.0. The van der Waals surface area contributed by atoms with Gasteiger partial charge < -0.3 is 0 Å². The molecule has 1 spiro atoms. The smallest absolute Gasteiger partial charge is 0.160 e. The fraction of sp³-hybridized carbons (Fsp3) is 0.115. The molecule has 0 radical (unpaired) electrons.